The third-order valence-electron chi connectivity index (χ3n) is 4.85. The van der Waals surface area contributed by atoms with E-state index < -0.39 is 0 Å². The third-order valence-corrected chi connectivity index (χ3v) is 4.85. The molecule has 7 heteroatoms. The number of hydrogen-bond donors (Lipinski definition) is 1. The summed E-state index contributed by atoms with van der Waals surface area (Å²) in [6.45, 7) is 6.95. The molecule has 1 aromatic heterocycles. The van der Waals surface area contributed by atoms with Gasteiger partial charge in [0.1, 0.15) is 17.6 Å². The number of aryl methyl sites for hydroxylation is 1. The van der Waals surface area contributed by atoms with E-state index in [1.807, 2.05) is 34.8 Å². The number of imidazole rings is 1. The molecule has 0 spiro atoms. The molecule has 1 N–H and O–H groups in total. The minimum atomic E-state index is -0.0263. The van der Waals surface area contributed by atoms with Crippen LogP contribution in [0.2, 0.25) is 0 Å². The smallest absolute Gasteiger partial charge is 0.226 e. The molecule has 2 aromatic rings. The molecule has 3 rings (SSSR count). The molecule has 1 fully saturated rings. The lowest BCUT2D eigenvalue weighted by atomic mass is 10.0. The summed E-state index contributed by atoms with van der Waals surface area (Å²) in [7, 11) is 1.96. The Kier molecular flexibility index (Phi) is 7.68. The van der Waals surface area contributed by atoms with Gasteiger partial charge in [0.05, 0.1) is 13.0 Å². The maximum absolute atomic E-state index is 12.7. The highest BCUT2D eigenvalue weighted by atomic mass is 35.5. The minimum absolute atomic E-state index is 0. The molecule has 1 saturated heterocycles. The van der Waals surface area contributed by atoms with Crippen molar-refractivity contribution in [1.82, 2.24) is 19.8 Å². The summed E-state index contributed by atoms with van der Waals surface area (Å²) in [4.78, 5) is 19.1. The Morgan fingerprint density at radius 2 is 2.07 bits per heavy atom. The molecule has 0 radical (unpaired) electrons. The Bertz CT molecular complexity index is 730. The van der Waals surface area contributed by atoms with Crippen molar-refractivity contribution in [3.63, 3.8) is 0 Å². The summed E-state index contributed by atoms with van der Waals surface area (Å²) in [6, 6.07) is 8.08. The monoisotopic (exact) mass is 392 g/mol. The first kappa shape index (κ1) is 21.3. The molecule has 1 atom stereocenters. The number of halogens is 1. The van der Waals surface area contributed by atoms with E-state index in [2.05, 4.69) is 36.3 Å². The van der Waals surface area contributed by atoms with Crippen LogP contribution in [0.3, 0.4) is 0 Å². The molecule has 2 heterocycles. The van der Waals surface area contributed by atoms with Crippen LogP contribution < -0.4 is 10.1 Å². The Morgan fingerprint density at radius 3 is 2.70 bits per heavy atom. The molecular formula is C20H29ClN4O2. The summed E-state index contributed by atoms with van der Waals surface area (Å²) in [5.41, 5.74) is 1.28. The van der Waals surface area contributed by atoms with E-state index in [0.29, 0.717) is 25.5 Å². The highest BCUT2D eigenvalue weighted by Gasteiger charge is 2.30. The first-order valence-electron chi connectivity index (χ1n) is 9.26. The summed E-state index contributed by atoms with van der Waals surface area (Å²) in [6.07, 6.45) is 4.06. The summed E-state index contributed by atoms with van der Waals surface area (Å²) in [5, 5.41) is 3.35. The van der Waals surface area contributed by atoms with E-state index in [9.17, 15) is 4.79 Å². The van der Waals surface area contributed by atoms with Crippen molar-refractivity contribution < 1.29 is 9.53 Å². The van der Waals surface area contributed by atoms with Gasteiger partial charge < -0.3 is 19.5 Å². The molecule has 0 bridgehead atoms. The van der Waals surface area contributed by atoms with Crippen LogP contribution in [0.25, 0.3) is 0 Å². The van der Waals surface area contributed by atoms with Crippen molar-refractivity contribution in [2.24, 2.45) is 7.05 Å². The highest BCUT2D eigenvalue weighted by Crippen LogP contribution is 2.22. The van der Waals surface area contributed by atoms with E-state index in [1.165, 1.54) is 5.56 Å². The second-order valence-corrected chi connectivity index (χ2v) is 7.03. The van der Waals surface area contributed by atoms with Crippen molar-refractivity contribution in [1.29, 1.82) is 0 Å². The minimum Gasteiger partial charge on any atom is -0.493 e. The van der Waals surface area contributed by atoms with Gasteiger partial charge in [-0.2, -0.15) is 0 Å². The first-order valence-corrected chi connectivity index (χ1v) is 9.26. The van der Waals surface area contributed by atoms with Gasteiger partial charge in [0.15, 0.2) is 0 Å². The van der Waals surface area contributed by atoms with Crippen molar-refractivity contribution >= 4 is 18.3 Å². The number of rotatable bonds is 6. The van der Waals surface area contributed by atoms with Gasteiger partial charge >= 0.3 is 0 Å². The van der Waals surface area contributed by atoms with Gasteiger partial charge in [-0.15, -0.1) is 12.4 Å². The van der Waals surface area contributed by atoms with Gasteiger partial charge in [0.25, 0.3) is 0 Å². The average Bonchev–Trinajstić information content (AvgIpc) is 3.08. The molecule has 1 unspecified atom stereocenters. The normalized spacial score (nSPS) is 16.9. The van der Waals surface area contributed by atoms with Crippen molar-refractivity contribution in [3.8, 4) is 5.75 Å². The molecule has 1 aliphatic heterocycles. The number of nitrogens with zero attached hydrogens (tertiary/aromatic N) is 3. The van der Waals surface area contributed by atoms with Gasteiger partial charge in [-0.25, -0.2) is 4.98 Å². The Morgan fingerprint density at radius 1 is 1.33 bits per heavy atom. The van der Waals surface area contributed by atoms with Crippen LogP contribution in [0.1, 0.15) is 43.6 Å². The summed E-state index contributed by atoms with van der Waals surface area (Å²) >= 11 is 0. The van der Waals surface area contributed by atoms with Crippen molar-refractivity contribution in [2.45, 2.75) is 32.2 Å². The van der Waals surface area contributed by atoms with Gasteiger partial charge in [0, 0.05) is 39.1 Å². The lowest BCUT2D eigenvalue weighted by Gasteiger charge is -2.35. The molecule has 1 aromatic carbocycles. The Balaban J connectivity index is 0.00000261. The predicted octanol–water partition coefficient (Wildman–Crippen LogP) is 2.91. The van der Waals surface area contributed by atoms with E-state index in [-0.39, 0.29) is 24.4 Å². The largest absolute Gasteiger partial charge is 0.493 e. The molecule has 0 saturated carbocycles. The zero-order valence-electron chi connectivity index (χ0n) is 16.2. The Labute approximate surface area is 167 Å². The van der Waals surface area contributed by atoms with E-state index >= 15 is 0 Å². The number of aromatic nitrogens is 2. The highest BCUT2D eigenvalue weighted by molar-refractivity contribution is 5.85. The number of ether oxygens (including phenoxy) is 1. The third kappa shape index (κ3) is 5.23. The molecule has 0 aliphatic carbocycles. The molecule has 6 nitrogen and oxygen atoms in total. The fourth-order valence-corrected chi connectivity index (χ4v) is 3.28. The van der Waals surface area contributed by atoms with Crippen LogP contribution in [0.15, 0.2) is 36.7 Å². The summed E-state index contributed by atoms with van der Waals surface area (Å²) < 4.78 is 7.74. The fraction of sp³-hybridized carbons (Fsp3) is 0.500. The van der Waals surface area contributed by atoms with Crippen LogP contribution in [-0.2, 0) is 11.8 Å². The predicted molar refractivity (Wildman–Crippen MR) is 108 cm³/mol. The second kappa shape index (κ2) is 9.76. The average molecular weight is 393 g/mol. The lowest BCUT2D eigenvalue weighted by molar-refractivity contribution is -0.135. The number of benzene rings is 1. The van der Waals surface area contributed by atoms with Crippen molar-refractivity contribution in [3.05, 3.63) is 48.0 Å². The molecular weight excluding hydrogens is 364 g/mol. The van der Waals surface area contributed by atoms with Crippen molar-refractivity contribution in [2.75, 3.05) is 26.2 Å². The van der Waals surface area contributed by atoms with Gasteiger partial charge in [-0.1, -0.05) is 26.0 Å². The summed E-state index contributed by atoms with van der Waals surface area (Å²) in [5.74, 6) is 2.33. The number of amides is 1. The maximum Gasteiger partial charge on any atom is 0.226 e. The number of hydrogen-bond acceptors (Lipinski definition) is 4. The zero-order chi connectivity index (χ0) is 18.5. The number of piperazine rings is 1. The van der Waals surface area contributed by atoms with Crippen LogP contribution in [-0.4, -0.2) is 46.6 Å². The number of carbonyl (C=O) groups excluding carboxylic acids is 1. The van der Waals surface area contributed by atoms with Crippen LogP contribution in [0.4, 0.5) is 0 Å². The van der Waals surface area contributed by atoms with Gasteiger partial charge in [-0.3, -0.25) is 4.79 Å². The fourth-order valence-electron chi connectivity index (χ4n) is 3.28. The molecule has 1 amide bonds. The number of nitrogens with one attached hydrogen (secondary N) is 1. The lowest BCUT2D eigenvalue weighted by Crippen LogP contribution is -2.49. The zero-order valence-corrected chi connectivity index (χ0v) is 17.0. The van der Waals surface area contributed by atoms with Gasteiger partial charge in [-0.05, 0) is 23.6 Å². The molecule has 148 valence electrons. The topological polar surface area (TPSA) is 59.4 Å². The van der Waals surface area contributed by atoms with Crippen LogP contribution in [0.5, 0.6) is 5.75 Å². The number of carbonyl (C=O) groups is 1. The van der Waals surface area contributed by atoms with Crippen LogP contribution >= 0.6 is 12.4 Å². The molecule has 1 aliphatic rings. The second-order valence-electron chi connectivity index (χ2n) is 7.03. The quantitative estimate of drug-likeness (QED) is 0.821. The maximum atomic E-state index is 12.7. The molecule has 27 heavy (non-hydrogen) atoms. The van der Waals surface area contributed by atoms with Crippen LogP contribution in [0, 0.1) is 0 Å². The van der Waals surface area contributed by atoms with E-state index in [4.69, 9.17) is 4.74 Å². The first-order chi connectivity index (χ1) is 12.6. The van der Waals surface area contributed by atoms with E-state index in [1.54, 1.807) is 6.20 Å². The standard InChI is InChI=1S/C20H28N4O2.ClH/c1-15(2)16-4-6-17(7-5-16)26-13-8-19(25)24-12-9-21-14-18(24)20-22-10-11-23(20)3;/h4-7,10-11,15,18,21H,8-9,12-14H2,1-3H3;1H. The van der Waals surface area contributed by atoms with Gasteiger partial charge in [0.2, 0.25) is 5.91 Å². The Hall–Kier alpha value is -2.05. The van der Waals surface area contributed by atoms with E-state index in [0.717, 1.165) is 24.7 Å². The SMILES string of the molecule is CC(C)c1ccc(OCCC(=O)N2CCNCC2c2nccn2C)cc1.Cl.